The van der Waals surface area contributed by atoms with Crippen molar-refractivity contribution in [3.8, 4) is 5.75 Å². The molecular formula is C16H18N4O4S. The van der Waals surface area contributed by atoms with Gasteiger partial charge in [-0.2, -0.15) is 5.10 Å². The minimum atomic E-state index is -3.69. The number of pyridine rings is 1. The van der Waals surface area contributed by atoms with E-state index in [2.05, 4.69) is 15.5 Å². The third-order valence-electron chi connectivity index (χ3n) is 3.15. The second-order valence-corrected chi connectivity index (χ2v) is 6.92. The summed E-state index contributed by atoms with van der Waals surface area (Å²) in [4.78, 5) is 15.9. The van der Waals surface area contributed by atoms with Crippen LogP contribution < -0.4 is 14.5 Å². The number of hydrogen-bond donors (Lipinski definition) is 1. The SMILES string of the molecule is COc1ccccc1N(CC(=O)N/N=C\c1ccncc1)S(C)(=O)=O. The number of anilines is 1. The molecule has 1 aromatic carbocycles. The van der Waals surface area contributed by atoms with E-state index in [0.717, 1.165) is 16.1 Å². The number of aromatic nitrogens is 1. The van der Waals surface area contributed by atoms with Crippen molar-refractivity contribution < 1.29 is 17.9 Å². The summed E-state index contributed by atoms with van der Waals surface area (Å²) in [5, 5.41) is 3.81. The van der Waals surface area contributed by atoms with Crippen molar-refractivity contribution in [1.82, 2.24) is 10.4 Å². The summed E-state index contributed by atoms with van der Waals surface area (Å²) in [5.74, 6) is -0.234. The number of para-hydroxylation sites is 2. The van der Waals surface area contributed by atoms with Gasteiger partial charge in [0.1, 0.15) is 12.3 Å². The summed E-state index contributed by atoms with van der Waals surface area (Å²) >= 11 is 0. The van der Waals surface area contributed by atoms with Gasteiger partial charge < -0.3 is 4.74 Å². The molecule has 0 aliphatic carbocycles. The molecule has 1 N–H and O–H groups in total. The highest BCUT2D eigenvalue weighted by molar-refractivity contribution is 7.92. The van der Waals surface area contributed by atoms with E-state index < -0.39 is 22.5 Å². The average Bonchev–Trinajstić information content (AvgIpc) is 2.59. The number of carbonyl (C=O) groups is 1. The fourth-order valence-corrected chi connectivity index (χ4v) is 2.87. The highest BCUT2D eigenvalue weighted by Crippen LogP contribution is 2.29. The molecule has 8 nitrogen and oxygen atoms in total. The molecule has 0 saturated heterocycles. The van der Waals surface area contributed by atoms with Crippen LogP contribution in [0.25, 0.3) is 0 Å². The van der Waals surface area contributed by atoms with Crippen LogP contribution in [-0.4, -0.2) is 45.4 Å². The normalized spacial score (nSPS) is 11.3. The number of sulfonamides is 1. The molecule has 0 spiro atoms. The molecule has 9 heteroatoms. The zero-order valence-corrected chi connectivity index (χ0v) is 14.6. The number of methoxy groups -OCH3 is 1. The largest absolute Gasteiger partial charge is 0.495 e. The van der Waals surface area contributed by atoms with Gasteiger partial charge in [-0.25, -0.2) is 13.8 Å². The lowest BCUT2D eigenvalue weighted by atomic mass is 10.3. The maximum absolute atomic E-state index is 12.1. The van der Waals surface area contributed by atoms with Crippen LogP contribution in [0.2, 0.25) is 0 Å². The molecule has 0 aliphatic heterocycles. The van der Waals surface area contributed by atoms with Crippen LogP contribution in [0.15, 0.2) is 53.9 Å². The number of hydrogen-bond acceptors (Lipinski definition) is 6. The van der Waals surface area contributed by atoms with Crippen LogP contribution in [0.1, 0.15) is 5.56 Å². The minimum Gasteiger partial charge on any atom is -0.495 e. The summed E-state index contributed by atoms with van der Waals surface area (Å²) in [6.07, 6.45) is 5.65. The Labute approximate surface area is 146 Å². The minimum absolute atomic E-state index is 0.278. The van der Waals surface area contributed by atoms with E-state index in [1.807, 2.05) is 0 Å². The van der Waals surface area contributed by atoms with E-state index in [1.165, 1.54) is 13.3 Å². The van der Waals surface area contributed by atoms with Gasteiger partial charge in [-0.05, 0) is 29.8 Å². The Morgan fingerprint density at radius 1 is 1.28 bits per heavy atom. The molecule has 2 aromatic rings. The predicted octanol–water partition coefficient (Wildman–Crippen LogP) is 1.01. The fraction of sp³-hybridized carbons (Fsp3) is 0.188. The van der Waals surface area contributed by atoms with E-state index in [1.54, 1.807) is 48.8 Å². The fourth-order valence-electron chi connectivity index (χ4n) is 2.01. The summed E-state index contributed by atoms with van der Waals surface area (Å²) < 4.78 is 30.3. The number of nitrogens with one attached hydrogen (secondary N) is 1. The Bertz CT molecular complexity index is 853. The van der Waals surface area contributed by atoms with E-state index >= 15 is 0 Å². The van der Waals surface area contributed by atoms with Gasteiger partial charge in [0.15, 0.2) is 0 Å². The number of ether oxygens (including phenoxy) is 1. The number of amides is 1. The quantitative estimate of drug-likeness (QED) is 0.585. The van der Waals surface area contributed by atoms with Crippen LogP contribution >= 0.6 is 0 Å². The summed E-state index contributed by atoms with van der Waals surface area (Å²) in [6, 6.07) is 9.98. The van der Waals surface area contributed by atoms with Gasteiger partial charge in [0, 0.05) is 12.4 Å². The van der Waals surface area contributed by atoms with Crippen LogP contribution in [0, 0.1) is 0 Å². The second kappa shape index (κ2) is 8.25. The molecule has 25 heavy (non-hydrogen) atoms. The van der Waals surface area contributed by atoms with Gasteiger partial charge >= 0.3 is 0 Å². The molecule has 1 amide bonds. The van der Waals surface area contributed by atoms with Crippen LogP contribution in [0.4, 0.5) is 5.69 Å². The third kappa shape index (κ3) is 5.28. The first-order valence-corrected chi connectivity index (χ1v) is 9.09. The number of rotatable bonds is 7. The van der Waals surface area contributed by atoms with Gasteiger partial charge in [-0.1, -0.05) is 12.1 Å². The van der Waals surface area contributed by atoms with Gasteiger partial charge in [0.05, 0.1) is 25.3 Å². The van der Waals surface area contributed by atoms with E-state index in [4.69, 9.17) is 4.74 Å². The Kier molecular flexibility index (Phi) is 6.07. The molecule has 132 valence electrons. The summed E-state index contributed by atoms with van der Waals surface area (Å²) in [5.41, 5.74) is 3.33. The number of benzene rings is 1. The molecule has 0 unspecified atom stereocenters. The predicted molar refractivity (Wildman–Crippen MR) is 95.2 cm³/mol. The van der Waals surface area contributed by atoms with E-state index in [9.17, 15) is 13.2 Å². The van der Waals surface area contributed by atoms with Crippen molar-refractivity contribution in [3.05, 3.63) is 54.4 Å². The lowest BCUT2D eigenvalue weighted by Crippen LogP contribution is -2.39. The Morgan fingerprint density at radius 3 is 2.60 bits per heavy atom. The topological polar surface area (TPSA) is 101 Å². The number of nitrogens with zero attached hydrogens (tertiary/aromatic N) is 3. The van der Waals surface area contributed by atoms with Gasteiger partial charge in [0.2, 0.25) is 10.0 Å². The molecule has 1 heterocycles. The monoisotopic (exact) mass is 362 g/mol. The molecule has 0 fully saturated rings. The highest BCUT2D eigenvalue weighted by atomic mass is 32.2. The zero-order chi connectivity index (χ0) is 18.3. The Hall–Kier alpha value is -2.94. The molecular weight excluding hydrogens is 344 g/mol. The molecule has 0 aliphatic rings. The van der Waals surface area contributed by atoms with Crippen LogP contribution in [0.5, 0.6) is 5.75 Å². The number of carbonyl (C=O) groups excluding carboxylic acids is 1. The van der Waals surface area contributed by atoms with Crippen molar-refractivity contribution >= 4 is 27.8 Å². The van der Waals surface area contributed by atoms with E-state index in [-0.39, 0.29) is 5.69 Å². The molecule has 0 bridgehead atoms. The zero-order valence-electron chi connectivity index (χ0n) is 13.8. The first kappa shape index (κ1) is 18.4. The molecule has 0 atom stereocenters. The van der Waals surface area contributed by atoms with Gasteiger partial charge in [-0.15, -0.1) is 0 Å². The van der Waals surface area contributed by atoms with Crippen molar-refractivity contribution in [2.24, 2.45) is 5.10 Å². The van der Waals surface area contributed by atoms with Crippen molar-refractivity contribution in [1.29, 1.82) is 0 Å². The third-order valence-corrected chi connectivity index (χ3v) is 4.28. The number of hydrazone groups is 1. The second-order valence-electron chi connectivity index (χ2n) is 5.02. The maximum atomic E-state index is 12.1. The lowest BCUT2D eigenvalue weighted by molar-refractivity contribution is -0.119. The van der Waals surface area contributed by atoms with E-state index in [0.29, 0.717) is 5.75 Å². The maximum Gasteiger partial charge on any atom is 0.260 e. The smallest absolute Gasteiger partial charge is 0.260 e. The van der Waals surface area contributed by atoms with Crippen LogP contribution in [-0.2, 0) is 14.8 Å². The Balaban J connectivity index is 2.12. The summed E-state index contributed by atoms with van der Waals surface area (Å²) in [6.45, 7) is -0.424. The van der Waals surface area contributed by atoms with Crippen molar-refractivity contribution in [2.45, 2.75) is 0 Å². The first-order valence-electron chi connectivity index (χ1n) is 7.24. The van der Waals surface area contributed by atoms with Gasteiger partial charge in [-0.3, -0.25) is 14.1 Å². The summed E-state index contributed by atoms with van der Waals surface area (Å²) in [7, 11) is -2.26. The van der Waals surface area contributed by atoms with Crippen LogP contribution in [0.3, 0.4) is 0 Å². The molecule has 2 rings (SSSR count). The first-order chi connectivity index (χ1) is 11.9. The molecule has 0 saturated carbocycles. The lowest BCUT2D eigenvalue weighted by Gasteiger charge is -2.23. The van der Waals surface area contributed by atoms with Crippen molar-refractivity contribution in [2.75, 3.05) is 24.2 Å². The molecule has 0 radical (unpaired) electrons. The highest BCUT2D eigenvalue weighted by Gasteiger charge is 2.23. The van der Waals surface area contributed by atoms with Gasteiger partial charge in [0.25, 0.3) is 5.91 Å². The molecule has 1 aromatic heterocycles. The van der Waals surface area contributed by atoms with Crippen molar-refractivity contribution in [3.63, 3.8) is 0 Å². The Morgan fingerprint density at radius 2 is 1.96 bits per heavy atom. The standard InChI is InChI=1S/C16H18N4O4S/c1-24-15-6-4-3-5-14(15)20(25(2,22)23)12-16(21)19-18-11-13-7-9-17-10-8-13/h3-11H,12H2,1-2H3,(H,19,21)/b18-11-. The average molecular weight is 362 g/mol.